The topological polar surface area (TPSA) is 83.0 Å². The molecule has 2 fully saturated rings. The monoisotopic (exact) mass is 536 g/mol. The van der Waals surface area contributed by atoms with E-state index in [-0.39, 0.29) is 35.4 Å². The summed E-state index contributed by atoms with van der Waals surface area (Å²) in [6.07, 6.45) is 5.35. The first-order valence-corrected chi connectivity index (χ1v) is 11.5. The summed E-state index contributed by atoms with van der Waals surface area (Å²) in [5.41, 5.74) is 0.910. The lowest BCUT2D eigenvalue weighted by Gasteiger charge is -2.22. The molecule has 1 aliphatic heterocycles. The lowest BCUT2D eigenvalue weighted by atomic mass is 9.82. The van der Waals surface area contributed by atoms with Crippen LogP contribution in [0.15, 0.2) is 34.2 Å². The van der Waals surface area contributed by atoms with Crippen LogP contribution >= 0.6 is 24.0 Å². The normalized spacial score (nSPS) is 22.1. The molecule has 2 N–H and O–H groups in total. The van der Waals surface area contributed by atoms with E-state index in [2.05, 4.69) is 19.9 Å². The van der Waals surface area contributed by atoms with Crippen molar-refractivity contribution in [3.05, 3.63) is 29.8 Å². The minimum atomic E-state index is -3.53. The van der Waals surface area contributed by atoms with E-state index in [1.54, 1.807) is 25.3 Å². The highest BCUT2D eigenvalue weighted by Crippen LogP contribution is 2.35. The number of nitrogens with one attached hydrogen (secondary N) is 2. The molecule has 0 spiro atoms. The fraction of sp³-hybridized carbons (Fsp3) is 0.650. The summed E-state index contributed by atoms with van der Waals surface area (Å²) in [7, 11) is -0.173. The van der Waals surface area contributed by atoms with Crippen molar-refractivity contribution in [1.29, 1.82) is 0 Å². The summed E-state index contributed by atoms with van der Waals surface area (Å²) in [6.45, 7) is 3.28. The van der Waals surface area contributed by atoms with E-state index in [1.807, 2.05) is 13.1 Å². The number of guanidine groups is 1. The lowest BCUT2D eigenvalue weighted by molar-refractivity contribution is 0.204. The van der Waals surface area contributed by atoms with E-state index in [0.717, 1.165) is 36.4 Å². The third kappa shape index (κ3) is 6.53. The van der Waals surface area contributed by atoms with E-state index in [4.69, 9.17) is 4.74 Å². The molecular weight excluding hydrogens is 503 g/mol. The number of methoxy groups -OCH3 is 1. The predicted octanol–water partition coefficient (Wildman–Crippen LogP) is 2.43. The molecule has 2 atom stereocenters. The first kappa shape index (κ1) is 24.4. The van der Waals surface area contributed by atoms with Crippen LogP contribution in [0.1, 0.15) is 31.2 Å². The molecule has 1 heterocycles. The van der Waals surface area contributed by atoms with E-state index in [9.17, 15) is 8.42 Å². The molecule has 9 heteroatoms. The van der Waals surface area contributed by atoms with Crippen molar-refractivity contribution in [2.75, 3.05) is 40.4 Å². The van der Waals surface area contributed by atoms with Gasteiger partial charge in [0.2, 0.25) is 10.0 Å². The Morgan fingerprint density at radius 1 is 1.24 bits per heavy atom. The highest BCUT2D eigenvalue weighted by atomic mass is 127. The minimum Gasteiger partial charge on any atom is -0.383 e. The van der Waals surface area contributed by atoms with Crippen molar-refractivity contribution in [2.24, 2.45) is 16.8 Å². The Bertz CT molecular complexity index is 774. The fourth-order valence-electron chi connectivity index (χ4n) is 4.28. The number of ether oxygens (including phenoxy) is 1. The molecule has 1 saturated carbocycles. The number of halogens is 1. The van der Waals surface area contributed by atoms with E-state index in [0.29, 0.717) is 13.2 Å². The van der Waals surface area contributed by atoms with Gasteiger partial charge >= 0.3 is 0 Å². The number of fused-ring (bicyclic) bond motifs is 1. The van der Waals surface area contributed by atoms with E-state index < -0.39 is 10.0 Å². The van der Waals surface area contributed by atoms with Crippen molar-refractivity contribution < 1.29 is 13.2 Å². The van der Waals surface area contributed by atoms with Crippen LogP contribution in [0.4, 0.5) is 0 Å². The van der Waals surface area contributed by atoms with Gasteiger partial charge in [0.1, 0.15) is 0 Å². The Labute approximate surface area is 191 Å². The van der Waals surface area contributed by atoms with Crippen molar-refractivity contribution in [3.8, 4) is 0 Å². The molecular formula is C20H33IN4O3S. The van der Waals surface area contributed by atoms with Crippen LogP contribution in [-0.2, 0) is 21.3 Å². The maximum Gasteiger partial charge on any atom is 0.240 e. The Hall–Kier alpha value is -0.910. The molecule has 1 aromatic rings. The van der Waals surface area contributed by atoms with Crippen LogP contribution in [0, 0.1) is 11.8 Å². The summed E-state index contributed by atoms with van der Waals surface area (Å²) >= 11 is 0. The Balaban J connectivity index is 0.00000300. The summed E-state index contributed by atoms with van der Waals surface area (Å²) in [4.78, 5) is 7.07. The predicted molar refractivity (Wildman–Crippen MR) is 126 cm³/mol. The van der Waals surface area contributed by atoms with Gasteiger partial charge in [0.05, 0.1) is 11.5 Å². The van der Waals surface area contributed by atoms with Crippen LogP contribution in [0.25, 0.3) is 0 Å². The van der Waals surface area contributed by atoms with Gasteiger partial charge in [-0.3, -0.25) is 4.99 Å². The average molecular weight is 536 g/mol. The van der Waals surface area contributed by atoms with E-state index in [1.165, 1.54) is 25.7 Å². The van der Waals surface area contributed by atoms with Gasteiger partial charge in [-0.15, -0.1) is 24.0 Å². The van der Waals surface area contributed by atoms with Crippen molar-refractivity contribution in [1.82, 2.24) is 14.9 Å². The van der Waals surface area contributed by atoms with Gasteiger partial charge in [-0.1, -0.05) is 25.0 Å². The quantitative estimate of drug-likeness (QED) is 0.242. The zero-order valence-corrected chi connectivity index (χ0v) is 20.4. The molecule has 164 valence electrons. The molecule has 7 nitrogen and oxygen atoms in total. The second-order valence-corrected chi connectivity index (χ2v) is 9.42. The second-order valence-electron chi connectivity index (χ2n) is 7.65. The van der Waals surface area contributed by atoms with Crippen LogP contribution in [0.2, 0.25) is 0 Å². The third-order valence-corrected chi connectivity index (χ3v) is 7.20. The molecule has 3 rings (SSSR count). The van der Waals surface area contributed by atoms with Crippen LogP contribution in [-0.4, -0.2) is 59.7 Å². The van der Waals surface area contributed by atoms with Gasteiger partial charge < -0.3 is 15.0 Å². The maximum absolute atomic E-state index is 12.4. The number of sulfonamides is 1. The lowest BCUT2D eigenvalue weighted by Crippen LogP contribution is -2.39. The first-order valence-electron chi connectivity index (χ1n) is 10.1. The fourth-order valence-corrected chi connectivity index (χ4v) is 5.36. The van der Waals surface area contributed by atoms with Crippen LogP contribution < -0.4 is 10.0 Å². The van der Waals surface area contributed by atoms with Gasteiger partial charge in [0.15, 0.2) is 5.96 Å². The number of likely N-dealkylation sites (tertiary alicyclic amines) is 1. The van der Waals surface area contributed by atoms with Gasteiger partial charge in [-0.05, 0) is 42.4 Å². The highest BCUT2D eigenvalue weighted by molar-refractivity contribution is 14.0. The molecule has 1 saturated heterocycles. The summed E-state index contributed by atoms with van der Waals surface area (Å²) in [6, 6.07) is 7.02. The Morgan fingerprint density at radius 2 is 1.93 bits per heavy atom. The second kappa shape index (κ2) is 11.5. The Kier molecular flexibility index (Phi) is 9.64. The molecule has 1 aromatic carbocycles. The van der Waals surface area contributed by atoms with E-state index >= 15 is 0 Å². The minimum absolute atomic E-state index is 0. The molecule has 0 radical (unpaired) electrons. The standard InChI is InChI=1S/C20H32N4O3S.HI/c1-21-20(24-14-17-7-3-4-8-18(17)15-24)22-13-16-6-5-9-19(12-16)28(25,26)23-10-11-27-2;/h5-6,9,12,17-18,23H,3-4,7-8,10-11,13-15H2,1-2H3,(H,21,22);1H. The van der Waals surface area contributed by atoms with Gasteiger partial charge in [-0.2, -0.15) is 0 Å². The van der Waals surface area contributed by atoms with Gasteiger partial charge in [-0.25, -0.2) is 13.1 Å². The SMILES string of the molecule is CN=C(NCc1cccc(S(=O)(=O)NCCOC)c1)N1CC2CCCCC2C1.I. The molecule has 1 aliphatic carbocycles. The van der Waals surface area contributed by atoms with Crippen molar-refractivity contribution in [2.45, 2.75) is 37.1 Å². The van der Waals surface area contributed by atoms with Gasteiger partial charge in [0, 0.05) is 40.3 Å². The Morgan fingerprint density at radius 3 is 2.55 bits per heavy atom. The third-order valence-electron chi connectivity index (χ3n) is 5.75. The molecule has 2 unspecified atom stereocenters. The highest BCUT2D eigenvalue weighted by Gasteiger charge is 2.35. The van der Waals surface area contributed by atoms with Gasteiger partial charge in [0.25, 0.3) is 0 Å². The zero-order valence-electron chi connectivity index (χ0n) is 17.3. The number of aliphatic imine (C=N–C) groups is 1. The average Bonchev–Trinajstić information content (AvgIpc) is 3.13. The molecule has 0 aromatic heterocycles. The number of rotatable bonds is 7. The first-order chi connectivity index (χ1) is 13.5. The smallest absolute Gasteiger partial charge is 0.240 e. The largest absolute Gasteiger partial charge is 0.383 e. The molecule has 0 amide bonds. The maximum atomic E-state index is 12.4. The number of hydrogen-bond donors (Lipinski definition) is 2. The zero-order chi connectivity index (χ0) is 20.0. The van der Waals surface area contributed by atoms with Crippen molar-refractivity contribution in [3.63, 3.8) is 0 Å². The molecule has 29 heavy (non-hydrogen) atoms. The summed E-state index contributed by atoms with van der Waals surface area (Å²) < 4.78 is 32.2. The summed E-state index contributed by atoms with van der Waals surface area (Å²) in [5.74, 6) is 2.48. The van der Waals surface area contributed by atoms with Crippen LogP contribution in [0.5, 0.6) is 0 Å². The van der Waals surface area contributed by atoms with Crippen molar-refractivity contribution >= 4 is 40.0 Å². The number of benzene rings is 1. The number of hydrogen-bond acceptors (Lipinski definition) is 4. The van der Waals surface area contributed by atoms with Crippen LogP contribution in [0.3, 0.4) is 0 Å². The number of nitrogens with zero attached hydrogens (tertiary/aromatic N) is 2. The molecule has 0 bridgehead atoms. The molecule has 2 aliphatic rings. The summed E-state index contributed by atoms with van der Waals surface area (Å²) in [5, 5.41) is 3.41.